The van der Waals surface area contributed by atoms with Crippen molar-refractivity contribution in [1.82, 2.24) is 5.32 Å². The molecule has 1 aliphatic heterocycles. The highest BCUT2D eigenvalue weighted by Gasteiger charge is 2.24. The van der Waals surface area contributed by atoms with Crippen molar-refractivity contribution >= 4 is 44.6 Å². The van der Waals surface area contributed by atoms with Crippen LogP contribution in [0.5, 0.6) is 0 Å². The number of halogens is 1. The highest BCUT2D eigenvalue weighted by atomic mass is 32.2. The number of amidine groups is 1. The Morgan fingerprint density at radius 3 is 2.57 bits per heavy atom. The Morgan fingerprint density at radius 2 is 1.87 bits per heavy atom. The van der Waals surface area contributed by atoms with Gasteiger partial charge in [0, 0.05) is 5.56 Å². The molecule has 1 saturated heterocycles. The molecule has 0 aliphatic carbocycles. The molecule has 30 heavy (non-hydrogen) atoms. The smallest absolute Gasteiger partial charge is 0.289 e. The van der Waals surface area contributed by atoms with Crippen LogP contribution >= 0.6 is 11.8 Å². The maximum Gasteiger partial charge on any atom is 0.289 e. The van der Waals surface area contributed by atoms with Gasteiger partial charge in [0.15, 0.2) is 0 Å². The number of carbonyl (C=O) groups is 1. The lowest BCUT2D eigenvalue weighted by Gasteiger charge is -2.01. The summed E-state index contributed by atoms with van der Waals surface area (Å²) in [6.45, 7) is 0. The number of sulfonamides is 1. The van der Waals surface area contributed by atoms with Gasteiger partial charge in [-0.1, -0.05) is 6.07 Å². The fraction of sp³-hybridized carbons (Fsp3) is 0. The van der Waals surface area contributed by atoms with Gasteiger partial charge in [0.25, 0.3) is 5.24 Å². The molecule has 3 aromatic rings. The van der Waals surface area contributed by atoms with Gasteiger partial charge in [-0.2, -0.15) is 0 Å². The lowest BCUT2D eigenvalue weighted by atomic mass is 10.2. The Bertz CT molecular complexity index is 1300. The van der Waals surface area contributed by atoms with Crippen LogP contribution in [0.4, 0.5) is 14.9 Å². The van der Waals surface area contributed by atoms with E-state index in [2.05, 4.69) is 10.3 Å². The van der Waals surface area contributed by atoms with Crippen molar-refractivity contribution < 1.29 is 22.0 Å². The molecule has 152 valence electrons. The number of primary sulfonamides is 1. The molecule has 0 spiro atoms. The van der Waals surface area contributed by atoms with Crippen LogP contribution in [0.15, 0.2) is 79.9 Å². The number of benzene rings is 2. The maximum atomic E-state index is 13.4. The van der Waals surface area contributed by atoms with Crippen molar-refractivity contribution in [1.29, 1.82) is 0 Å². The zero-order valence-corrected chi connectivity index (χ0v) is 16.8. The number of nitrogens with zero attached hydrogens (tertiary/aromatic N) is 1. The third-order valence-corrected chi connectivity index (χ3v) is 5.82. The van der Waals surface area contributed by atoms with Gasteiger partial charge in [0.2, 0.25) is 10.0 Å². The van der Waals surface area contributed by atoms with Crippen LogP contribution in [-0.4, -0.2) is 19.5 Å². The average Bonchev–Trinajstić information content (AvgIpc) is 3.28. The van der Waals surface area contributed by atoms with Crippen molar-refractivity contribution in [2.75, 3.05) is 0 Å². The Hall–Kier alpha value is -3.21. The molecule has 7 nitrogen and oxygen atoms in total. The van der Waals surface area contributed by atoms with Gasteiger partial charge in [-0.3, -0.25) is 4.79 Å². The number of hydrogen-bond acceptors (Lipinski definition) is 6. The maximum absolute atomic E-state index is 13.4. The number of nitrogens with one attached hydrogen (secondary N) is 1. The van der Waals surface area contributed by atoms with E-state index < -0.39 is 15.8 Å². The first-order chi connectivity index (χ1) is 14.3. The highest BCUT2D eigenvalue weighted by Crippen LogP contribution is 2.30. The molecule has 1 aromatic heterocycles. The third kappa shape index (κ3) is 4.51. The van der Waals surface area contributed by atoms with Crippen LogP contribution < -0.4 is 10.5 Å². The van der Waals surface area contributed by atoms with Crippen LogP contribution in [0.3, 0.4) is 0 Å². The van der Waals surface area contributed by atoms with Gasteiger partial charge in [-0.15, -0.1) is 0 Å². The van der Waals surface area contributed by atoms with E-state index in [0.717, 1.165) is 11.8 Å². The summed E-state index contributed by atoms with van der Waals surface area (Å²) in [4.78, 5) is 16.6. The van der Waals surface area contributed by atoms with E-state index in [0.29, 0.717) is 33.5 Å². The Morgan fingerprint density at radius 1 is 1.10 bits per heavy atom. The second kappa shape index (κ2) is 7.90. The molecule has 2 heterocycles. The largest absolute Gasteiger partial charge is 0.457 e. The normalized spacial score (nSPS) is 16.9. The van der Waals surface area contributed by atoms with Gasteiger partial charge in [0.1, 0.15) is 23.2 Å². The summed E-state index contributed by atoms with van der Waals surface area (Å²) >= 11 is 0.948. The predicted molar refractivity (Wildman–Crippen MR) is 113 cm³/mol. The van der Waals surface area contributed by atoms with E-state index in [1.54, 1.807) is 36.4 Å². The summed E-state index contributed by atoms with van der Waals surface area (Å²) < 4.78 is 41.9. The number of carbonyl (C=O) groups excluding carboxylic acids is 1. The van der Waals surface area contributed by atoms with E-state index in [-0.39, 0.29) is 10.1 Å². The van der Waals surface area contributed by atoms with Gasteiger partial charge >= 0.3 is 0 Å². The molecule has 0 unspecified atom stereocenters. The Labute approximate surface area is 175 Å². The number of furan rings is 1. The molecule has 0 saturated carbocycles. The van der Waals surface area contributed by atoms with E-state index >= 15 is 0 Å². The summed E-state index contributed by atoms with van der Waals surface area (Å²) in [5.74, 6) is 0.842. The van der Waals surface area contributed by atoms with Crippen molar-refractivity contribution in [2.45, 2.75) is 4.90 Å². The van der Waals surface area contributed by atoms with Crippen LogP contribution in [0.25, 0.3) is 17.4 Å². The minimum absolute atomic E-state index is 0.00490. The molecule has 0 radical (unpaired) electrons. The number of rotatable bonds is 4. The summed E-state index contributed by atoms with van der Waals surface area (Å²) in [6, 6.07) is 15.1. The molecular weight excluding hydrogens is 429 g/mol. The quantitative estimate of drug-likeness (QED) is 0.625. The highest BCUT2D eigenvalue weighted by molar-refractivity contribution is 8.18. The van der Waals surface area contributed by atoms with E-state index in [9.17, 15) is 17.6 Å². The average molecular weight is 443 g/mol. The number of nitrogens with two attached hydrogens (primary N) is 1. The predicted octanol–water partition coefficient (Wildman–Crippen LogP) is 4.26. The molecule has 0 bridgehead atoms. The van der Waals surface area contributed by atoms with Gasteiger partial charge in [0.05, 0.1) is 15.5 Å². The SMILES string of the molecule is NS(=O)(=O)c1ccc(-c2ccc(C=C3SC(=O)NC3=Nc3cccc(F)c3)o2)cc1. The number of aliphatic imine (C=N–C) groups is 1. The lowest BCUT2D eigenvalue weighted by Crippen LogP contribution is -2.18. The summed E-state index contributed by atoms with van der Waals surface area (Å²) in [5.41, 5.74) is 1.03. The third-order valence-electron chi connectivity index (χ3n) is 4.07. The van der Waals surface area contributed by atoms with Crippen LogP contribution in [0.2, 0.25) is 0 Å². The number of thioether (sulfide) groups is 1. The van der Waals surface area contributed by atoms with E-state index in [1.807, 2.05) is 0 Å². The molecule has 3 N–H and O–H groups in total. The molecule has 1 amide bonds. The van der Waals surface area contributed by atoms with Crippen molar-refractivity contribution in [2.24, 2.45) is 10.1 Å². The molecular formula is C20H14FN3O4S2. The standard InChI is InChI=1S/C20H14FN3O4S2/c21-13-2-1-3-14(10-13)23-19-18(29-20(25)24-19)11-15-6-9-17(28-15)12-4-7-16(8-5-12)30(22,26)27/h1-11H,(H2,22,26,27)(H,23,24,25). The first-order valence-electron chi connectivity index (χ1n) is 8.56. The van der Waals surface area contributed by atoms with E-state index in [4.69, 9.17) is 9.56 Å². The van der Waals surface area contributed by atoms with Crippen molar-refractivity contribution in [3.63, 3.8) is 0 Å². The minimum Gasteiger partial charge on any atom is -0.457 e. The summed E-state index contributed by atoms with van der Waals surface area (Å²) in [6.07, 6.45) is 1.64. The molecule has 10 heteroatoms. The summed E-state index contributed by atoms with van der Waals surface area (Å²) in [7, 11) is -3.77. The minimum atomic E-state index is -3.77. The molecule has 0 atom stereocenters. The first-order valence-corrected chi connectivity index (χ1v) is 10.9. The van der Waals surface area contributed by atoms with Crippen LogP contribution in [0, 0.1) is 5.82 Å². The topological polar surface area (TPSA) is 115 Å². The first kappa shape index (κ1) is 20.1. The zero-order chi connectivity index (χ0) is 21.3. The second-order valence-electron chi connectivity index (χ2n) is 6.23. The second-order valence-corrected chi connectivity index (χ2v) is 8.81. The van der Waals surface area contributed by atoms with E-state index in [1.165, 1.54) is 30.3 Å². The summed E-state index contributed by atoms with van der Waals surface area (Å²) in [5, 5.41) is 7.42. The Kier molecular flexibility index (Phi) is 5.29. The fourth-order valence-electron chi connectivity index (χ4n) is 2.71. The number of hydrogen-bond donors (Lipinski definition) is 2. The molecule has 1 fully saturated rings. The van der Waals surface area contributed by atoms with Gasteiger partial charge in [-0.25, -0.2) is 22.9 Å². The molecule has 2 aromatic carbocycles. The van der Waals surface area contributed by atoms with Crippen LogP contribution in [0.1, 0.15) is 5.76 Å². The van der Waals surface area contributed by atoms with Crippen molar-refractivity contribution in [3.05, 3.63) is 77.1 Å². The molecule has 1 aliphatic rings. The van der Waals surface area contributed by atoms with Crippen LogP contribution in [-0.2, 0) is 10.0 Å². The van der Waals surface area contributed by atoms with Crippen molar-refractivity contribution in [3.8, 4) is 11.3 Å². The van der Waals surface area contributed by atoms with Gasteiger partial charge in [-0.05, 0) is 72.4 Å². The zero-order valence-electron chi connectivity index (χ0n) is 15.2. The molecule has 4 rings (SSSR count). The monoisotopic (exact) mass is 443 g/mol. The fourth-order valence-corrected chi connectivity index (χ4v) is 3.94. The number of amides is 1. The Balaban J connectivity index is 1.61. The van der Waals surface area contributed by atoms with Gasteiger partial charge < -0.3 is 9.73 Å². The lowest BCUT2D eigenvalue weighted by molar-refractivity contribution is 0.265.